The molecule has 0 nitrogen and oxygen atoms in total. The highest BCUT2D eigenvalue weighted by molar-refractivity contribution is 4.82. The van der Waals surface area contributed by atoms with Crippen LogP contribution in [0.5, 0.6) is 0 Å². The quantitative estimate of drug-likeness (QED) is 0.529. The van der Waals surface area contributed by atoms with Gasteiger partial charge in [-0.15, -0.1) is 0 Å². The summed E-state index contributed by atoms with van der Waals surface area (Å²) in [6.07, 6.45) is 11.1. The van der Waals surface area contributed by atoms with Gasteiger partial charge in [-0.3, -0.25) is 0 Å². The first-order valence-electron chi connectivity index (χ1n) is 5.18. The summed E-state index contributed by atoms with van der Waals surface area (Å²) >= 11 is 0. The van der Waals surface area contributed by atoms with Crippen LogP contribution in [0.15, 0.2) is 0 Å². The zero-order valence-electron chi connectivity index (χ0n) is 7.97. The average molecular weight is 153 g/mol. The maximum atomic E-state index is 2.57. The minimum atomic E-state index is 0.924. The maximum Gasteiger partial charge on any atom is -0.0352 e. The molecule has 0 spiro atoms. The fourth-order valence-corrected chi connectivity index (χ4v) is 1.97. The van der Waals surface area contributed by atoms with E-state index < -0.39 is 0 Å². The first kappa shape index (κ1) is 9.09. The van der Waals surface area contributed by atoms with Gasteiger partial charge in [-0.1, -0.05) is 39.5 Å². The summed E-state index contributed by atoms with van der Waals surface area (Å²) in [6, 6.07) is 0. The van der Waals surface area contributed by atoms with Gasteiger partial charge in [-0.2, -0.15) is 0 Å². The van der Waals surface area contributed by atoms with E-state index >= 15 is 0 Å². The number of hydrogen-bond acceptors (Lipinski definition) is 0. The highest BCUT2D eigenvalue weighted by Crippen LogP contribution is 2.29. The van der Waals surface area contributed by atoms with Gasteiger partial charge in [-0.25, -0.2) is 0 Å². The molecule has 1 aliphatic rings. The van der Waals surface area contributed by atoms with Crippen molar-refractivity contribution in [3.8, 4) is 0 Å². The summed E-state index contributed by atoms with van der Waals surface area (Å²) in [4.78, 5) is 0. The Morgan fingerprint density at radius 3 is 2.91 bits per heavy atom. The van der Waals surface area contributed by atoms with E-state index in [1.165, 1.54) is 38.5 Å². The van der Waals surface area contributed by atoms with Crippen LogP contribution in [0.2, 0.25) is 0 Å². The molecule has 0 amide bonds. The average Bonchev–Trinajstić information content (AvgIpc) is 2.30. The third kappa shape index (κ3) is 2.84. The Morgan fingerprint density at radius 1 is 1.36 bits per heavy atom. The lowest BCUT2D eigenvalue weighted by Crippen LogP contribution is -2.10. The third-order valence-corrected chi connectivity index (χ3v) is 3.09. The first-order chi connectivity index (χ1) is 5.34. The van der Waals surface area contributed by atoms with Crippen LogP contribution in [0.3, 0.4) is 0 Å². The molecule has 1 rings (SSSR count). The molecular weight excluding hydrogens is 132 g/mol. The summed E-state index contributed by atoms with van der Waals surface area (Å²) in [6.45, 7) is 4.70. The Morgan fingerprint density at radius 2 is 2.18 bits per heavy atom. The molecule has 65 valence electrons. The van der Waals surface area contributed by atoms with Gasteiger partial charge in [0.25, 0.3) is 0 Å². The standard InChI is InChI=1S/C11H21/c1-3-10(2)11-8-6-4-5-7-9-11/h8,10-11H,3-7,9H2,1-2H3. The summed E-state index contributed by atoms with van der Waals surface area (Å²) in [5.74, 6) is 1.86. The van der Waals surface area contributed by atoms with Crippen LogP contribution < -0.4 is 0 Å². The molecule has 0 heteroatoms. The van der Waals surface area contributed by atoms with Crippen molar-refractivity contribution in [1.29, 1.82) is 0 Å². The van der Waals surface area contributed by atoms with Gasteiger partial charge in [0.2, 0.25) is 0 Å². The van der Waals surface area contributed by atoms with Crippen molar-refractivity contribution in [1.82, 2.24) is 0 Å². The SMILES string of the molecule is CCC(C)C1[CH]CCCCC1. The van der Waals surface area contributed by atoms with Gasteiger partial charge in [0.05, 0.1) is 0 Å². The van der Waals surface area contributed by atoms with Crippen LogP contribution in [0, 0.1) is 18.3 Å². The Balaban J connectivity index is 2.30. The van der Waals surface area contributed by atoms with Crippen LogP contribution in [-0.4, -0.2) is 0 Å². The van der Waals surface area contributed by atoms with Crippen LogP contribution >= 0.6 is 0 Å². The van der Waals surface area contributed by atoms with E-state index in [1.54, 1.807) is 0 Å². The normalized spacial score (nSPS) is 24.5. The van der Waals surface area contributed by atoms with E-state index in [0.717, 1.165) is 11.8 Å². The molecular formula is C11H21. The minimum absolute atomic E-state index is 0.924. The third-order valence-electron chi connectivity index (χ3n) is 3.09. The molecule has 0 aromatic heterocycles. The Hall–Kier alpha value is 0. The van der Waals surface area contributed by atoms with Gasteiger partial charge in [0.1, 0.15) is 0 Å². The van der Waals surface area contributed by atoms with Gasteiger partial charge in [0.15, 0.2) is 0 Å². The lowest BCUT2D eigenvalue weighted by Gasteiger charge is -2.20. The van der Waals surface area contributed by atoms with Gasteiger partial charge in [-0.05, 0) is 31.1 Å². The summed E-state index contributed by atoms with van der Waals surface area (Å²) in [5.41, 5.74) is 0. The summed E-state index contributed by atoms with van der Waals surface area (Å²) in [5, 5.41) is 0. The Bertz CT molecular complexity index is 88.2. The van der Waals surface area contributed by atoms with Crippen molar-refractivity contribution in [3.63, 3.8) is 0 Å². The second-order valence-corrected chi connectivity index (χ2v) is 3.92. The maximum absolute atomic E-state index is 2.57. The van der Waals surface area contributed by atoms with Crippen LogP contribution in [0.25, 0.3) is 0 Å². The second-order valence-electron chi connectivity index (χ2n) is 3.92. The van der Waals surface area contributed by atoms with Crippen LogP contribution in [-0.2, 0) is 0 Å². The highest BCUT2D eigenvalue weighted by atomic mass is 14.2. The zero-order valence-corrected chi connectivity index (χ0v) is 7.97. The predicted octanol–water partition coefficient (Wildman–Crippen LogP) is 3.82. The Kier molecular flexibility index (Phi) is 3.96. The van der Waals surface area contributed by atoms with Crippen molar-refractivity contribution in [2.24, 2.45) is 11.8 Å². The lowest BCUT2D eigenvalue weighted by molar-refractivity contribution is 0.368. The van der Waals surface area contributed by atoms with E-state index in [1.807, 2.05) is 0 Å². The van der Waals surface area contributed by atoms with Crippen molar-refractivity contribution < 1.29 is 0 Å². The molecule has 0 aliphatic heterocycles. The van der Waals surface area contributed by atoms with Gasteiger partial charge in [0, 0.05) is 0 Å². The summed E-state index contributed by atoms with van der Waals surface area (Å²) in [7, 11) is 0. The monoisotopic (exact) mass is 153 g/mol. The van der Waals surface area contributed by atoms with E-state index in [0.29, 0.717) is 0 Å². The fourth-order valence-electron chi connectivity index (χ4n) is 1.97. The second kappa shape index (κ2) is 4.79. The molecule has 1 saturated carbocycles. The van der Waals surface area contributed by atoms with Crippen LogP contribution in [0.4, 0.5) is 0 Å². The summed E-state index contributed by atoms with van der Waals surface area (Å²) < 4.78 is 0. The van der Waals surface area contributed by atoms with Gasteiger partial charge < -0.3 is 0 Å². The van der Waals surface area contributed by atoms with E-state index in [9.17, 15) is 0 Å². The molecule has 2 atom stereocenters. The lowest BCUT2D eigenvalue weighted by atomic mass is 9.86. The molecule has 0 saturated heterocycles. The van der Waals surface area contributed by atoms with E-state index in [2.05, 4.69) is 20.3 Å². The Labute approximate surface area is 71.4 Å². The fraction of sp³-hybridized carbons (Fsp3) is 0.909. The first-order valence-corrected chi connectivity index (χ1v) is 5.18. The van der Waals surface area contributed by atoms with Crippen LogP contribution in [0.1, 0.15) is 52.4 Å². The minimum Gasteiger partial charge on any atom is -0.0651 e. The topological polar surface area (TPSA) is 0 Å². The molecule has 11 heavy (non-hydrogen) atoms. The van der Waals surface area contributed by atoms with Gasteiger partial charge >= 0.3 is 0 Å². The molecule has 0 bridgehead atoms. The largest absolute Gasteiger partial charge is 0.0651 e. The van der Waals surface area contributed by atoms with Crippen molar-refractivity contribution in [2.45, 2.75) is 52.4 Å². The molecule has 1 fully saturated rings. The van der Waals surface area contributed by atoms with Crippen molar-refractivity contribution >= 4 is 0 Å². The number of hydrogen-bond donors (Lipinski definition) is 0. The van der Waals surface area contributed by atoms with Crippen molar-refractivity contribution in [3.05, 3.63) is 6.42 Å². The molecule has 1 radical (unpaired) electrons. The molecule has 0 N–H and O–H groups in total. The highest BCUT2D eigenvalue weighted by Gasteiger charge is 2.17. The zero-order chi connectivity index (χ0) is 8.10. The predicted molar refractivity (Wildman–Crippen MR) is 50.3 cm³/mol. The number of rotatable bonds is 2. The molecule has 0 aromatic rings. The molecule has 0 aromatic carbocycles. The van der Waals surface area contributed by atoms with E-state index in [4.69, 9.17) is 0 Å². The molecule has 1 aliphatic carbocycles. The molecule has 0 heterocycles. The van der Waals surface area contributed by atoms with Crippen molar-refractivity contribution in [2.75, 3.05) is 0 Å². The molecule has 2 unspecified atom stereocenters. The smallest absolute Gasteiger partial charge is 0.0352 e. The van der Waals surface area contributed by atoms with E-state index in [-0.39, 0.29) is 0 Å².